The summed E-state index contributed by atoms with van der Waals surface area (Å²) in [5, 5.41) is 16.2. The maximum absolute atomic E-state index is 13.4. The van der Waals surface area contributed by atoms with E-state index < -0.39 is 41.1 Å². The summed E-state index contributed by atoms with van der Waals surface area (Å²) in [6.07, 6.45) is -1.63. The smallest absolute Gasteiger partial charge is 0.407 e. The number of amides is 3. The molecule has 34 heavy (non-hydrogen) atoms. The van der Waals surface area contributed by atoms with E-state index >= 15 is 0 Å². The molecule has 1 aromatic rings. The van der Waals surface area contributed by atoms with Crippen LogP contribution < -0.4 is 10.6 Å². The van der Waals surface area contributed by atoms with Crippen LogP contribution in [0.1, 0.15) is 39.2 Å². The number of hydrogen-bond acceptors (Lipinski definition) is 6. The first-order valence-corrected chi connectivity index (χ1v) is 12.0. The number of carbonyl (C=O) groups is 3. The summed E-state index contributed by atoms with van der Waals surface area (Å²) in [7, 11) is 0. The summed E-state index contributed by atoms with van der Waals surface area (Å²) in [5.41, 5.74) is 0.336. The van der Waals surface area contributed by atoms with E-state index in [0.717, 1.165) is 5.56 Å². The largest absolute Gasteiger partial charge is 0.444 e. The van der Waals surface area contributed by atoms with Gasteiger partial charge in [0.25, 0.3) is 5.91 Å². The number of alkyl carbamates (subject to hydrolysis) is 1. The Bertz CT molecular complexity index is 856. The first kappa shape index (κ1) is 26.2. The molecule has 0 spiro atoms. The zero-order chi connectivity index (χ0) is 24.9. The summed E-state index contributed by atoms with van der Waals surface area (Å²) in [6.45, 7) is 6.49. The fraction of sp³-hybridized carbons (Fsp3) is 0.625. The van der Waals surface area contributed by atoms with Gasteiger partial charge in [-0.3, -0.25) is 9.59 Å². The molecular weight excluding hydrogens is 462 g/mol. The monoisotopic (exact) mass is 495 g/mol. The Kier molecular flexibility index (Phi) is 8.78. The molecule has 188 valence electrons. The average molecular weight is 496 g/mol. The van der Waals surface area contributed by atoms with E-state index in [-0.39, 0.29) is 31.4 Å². The number of hydrogen-bond donors (Lipinski definition) is 3. The van der Waals surface area contributed by atoms with Crippen LogP contribution >= 0.6 is 11.6 Å². The normalized spacial score (nSPS) is 24.4. The molecule has 9 nitrogen and oxygen atoms in total. The Morgan fingerprint density at radius 2 is 1.97 bits per heavy atom. The van der Waals surface area contributed by atoms with Crippen LogP contribution in [0.5, 0.6) is 0 Å². The molecule has 1 aromatic carbocycles. The molecule has 2 saturated heterocycles. The molecule has 3 N–H and O–H groups in total. The van der Waals surface area contributed by atoms with Crippen LogP contribution in [-0.4, -0.2) is 82.9 Å². The van der Waals surface area contributed by atoms with Crippen LogP contribution in [0, 0.1) is 0 Å². The number of nitrogens with one attached hydrogen (secondary N) is 2. The number of likely N-dealkylation sites (tertiary alicyclic amines) is 1. The van der Waals surface area contributed by atoms with Crippen LogP contribution in [0.4, 0.5) is 4.79 Å². The average Bonchev–Trinajstić information content (AvgIpc) is 3.41. The van der Waals surface area contributed by atoms with Crippen molar-refractivity contribution in [3.8, 4) is 0 Å². The quantitative estimate of drug-likeness (QED) is 0.495. The van der Waals surface area contributed by atoms with Crippen LogP contribution in [0.15, 0.2) is 30.3 Å². The van der Waals surface area contributed by atoms with E-state index in [1.54, 1.807) is 0 Å². The maximum atomic E-state index is 13.4. The van der Waals surface area contributed by atoms with E-state index in [0.29, 0.717) is 19.6 Å². The number of aliphatic hydroxyl groups is 1. The summed E-state index contributed by atoms with van der Waals surface area (Å²) in [4.78, 5) is 40.0. The molecule has 0 aliphatic carbocycles. The van der Waals surface area contributed by atoms with Gasteiger partial charge in [0.05, 0.1) is 24.6 Å². The van der Waals surface area contributed by atoms with Crippen molar-refractivity contribution in [1.29, 1.82) is 0 Å². The number of carbonyl (C=O) groups excluding carboxylic acids is 3. The van der Waals surface area contributed by atoms with Crippen molar-refractivity contribution in [2.45, 2.75) is 75.2 Å². The van der Waals surface area contributed by atoms with Gasteiger partial charge in [-0.2, -0.15) is 0 Å². The third-order valence-corrected chi connectivity index (χ3v) is 6.05. The second kappa shape index (κ2) is 11.4. The number of alkyl halides is 1. The minimum absolute atomic E-state index is 0.127. The molecule has 3 rings (SSSR count). The second-order valence-corrected chi connectivity index (χ2v) is 10.5. The highest BCUT2D eigenvalue weighted by atomic mass is 35.5. The van der Waals surface area contributed by atoms with Gasteiger partial charge in [-0.05, 0) is 39.2 Å². The minimum Gasteiger partial charge on any atom is -0.444 e. The van der Waals surface area contributed by atoms with Gasteiger partial charge in [0.15, 0.2) is 6.10 Å². The first-order chi connectivity index (χ1) is 16.0. The van der Waals surface area contributed by atoms with Crippen LogP contribution in [0.3, 0.4) is 0 Å². The zero-order valence-electron chi connectivity index (χ0n) is 19.8. The first-order valence-electron chi connectivity index (χ1n) is 11.6. The minimum atomic E-state index is -1.60. The van der Waals surface area contributed by atoms with Gasteiger partial charge < -0.3 is 30.1 Å². The second-order valence-electron chi connectivity index (χ2n) is 9.85. The highest BCUT2D eigenvalue weighted by molar-refractivity contribution is 6.21. The van der Waals surface area contributed by atoms with Crippen molar-refractivity contribution in [2.75, 3.05) is 19.8 Å². The summed E-state index contributed by atoms with van der Waals surface area (Å²) < 4.78 is 10.6. The lowest BCUT2D eigenvalue weighted by molar-refractivity contribution is -0.146. The molecule has 3 amide bonds. The molecule has 10 heteroatoms. The number of ether oxygens (including phenoxy) is 2. The third kappa shape index (κ3) is 7.32. The van der Waals surface area contributed by atoms with E-state index in [1.165, 1.54) is 4.90 Å². The molecule has 0 radical (unpaired) electrons. The number of rotatable bonds is 7. The van der Waals surface area contributed by atoms with Crippen molar-refractivity contribution in [2.24, 2.45) is 0 Å². The molecule has 0 saturated carbocycles. The predicted molar refractivity (Wildman–Crippen MR) is 126 cm³/mol. The standard InChI is InChI=1S/C24H34ClN3O6/c1-24(2,3)27-21(30)19-12-16(25)13-28(19)22(31)20(29)18(11-15-7-5-4-6-8-15)26-23(32)34-17-9-10-33-14-17/h4-8,16-20,29H,9-14H2,1-3H3,(H,26,32)(H,27,30)/t16-,17-,18-,19-,20-/m0/s1. The highest BCUT2D eigenvalue weighted by Crippen LogP contribution is 2.25. The summed E-state index contributed by atoms with van der Waals surface area (Å²) >= 11 is 6.30. The predicted octanol–water partition coefficient (Wildman–Crippen LogP) is 1.60. The number of halogens is 1. The number of aliphatic hydroxyl groups excluding tert-OH is 1. The summed E-state index contributed by atoms with van der Waals surface area (Å²) in [6, 6.07) is 7.43. The van der Waals surface area contributed by atoms with Gasteiger partial charge in [0.2, 0.25) is 5.91 Å². The SMILES string of the molecule is CC(C)(C)NC(=O)[C@@H]1C[C@H](Cl)CN1C(=O)[C@@H](O)[C@H](Cc1ccccc1)NC(=O)O[C@H]1CCOC1. The molecule has 2 aliphatic rings. The lowest BCUT2D eigenvalue weighted by Gasteiger charge is -2.31. The van der Waals surface area contributed by atoms with E-state index in [4.69, 9.17) is 21.1 Å². The fourth-order valence-corrected chi connectivity index (χ4v) is 4.44. The molecule has 2 heterocycles. The van der Waals surface area contributed by atoms with Crippen LogP contribution in [0.25, 0.3) is 0 Å². The Morgan fingerprint density at radius 3 is 2.59 bits per heavy atom. The van der Waals surface area contributed by atoms with Crippen molar-refractivity contribution in [1.82, 2.24) is 15.5 Å². The Hall–Kier alpha value is -2.36. The highest BCUT2D eigenvalue weighted by Gasteiger charge is 2.43. The van der Waals surface area contributed by atoms with E-state index in [9.17, 15) is 19.5 Å². The van der Waals surface area contributed by atoms with Crippen molar-refractivity contribution in [3.05, 3.63) is 35.9 Å². The maximum Gasteiger partial charge on any atom is 0.407 e. The molecule has 0 unspecified atom stereocenters. The topological polar surface area (TPSA) is 117 Å². The lowest BCUT2D eigenvalue weighted by atomic mass is 10.00. The molecule has 2 fully saturated rings. The van der Waals surface area contributed by atoms with Crippen LogP contribution in [0.2, 0.25) is 0 Å². The van der Waals surface area contributed by atoms with Crippen LogP contribution in [-0.2, 0) is 25.5 Å². The van der Waals surface area contributed by atoms with Gasteiger partial charge in [0.1, 0.15) is 12.1 Å². The van der Waals surface area contributed by atoms with E-state index in [1.807, 2.05) is 51.1 Å². The van der Waals surface area contributed by atoms with Gasteiger partial charge in [-0.15, -0.1) is 11.6 Å². The Labute approximate surface area is 205 Å². The van der Waals surface area contributed by atoms with Gasteiger partial charge >= 0.3 is 6.09 Å². The van der Waals surface area contributed by atoms with Gasteiger partial charge in [-0.25, -0.2) is 4.79 Å². The molecule has 0 bridgehead atoms. The van der Waals surface area contributed by atoms with Crippen molar-refractivity contribution >= 4 is 29.5 Å². The number of benzene rings is 1. The lowest BCUT2D eigenvalue weighted by Crippen LogP contribution is -2.57. The third-order valence-electron chi connectivity index (χ3n) is 5.73. The molecule has 5 atom stereocenters. The number of nitrogens with zero attached hydrogens (tertiary/aromatic N) is 1. The van der Waals surface area contributed by atoms with Gasteiger partial charge in [-0.1, -0.05) is 30.3 Å². The molecular formula is C24H34ClN3O6. The van der Waals surface area contributed by atoms with Gasteiger partial charge in [0, 0.05) is 18.5 Å². The summed E-state index contributed by atoms with van der Waals surface area (Å²) in [5.74, 6) is -0.993. The van der Waals surface area contributed by atoms with E-state index in [2.05, 4.69) is 10.6 Å². The van der Waals surface area contributed by atoms with Crippen molar-refractivity contribution in [3.63, 3.8) is 0 Å². The Morgan fingerprint density at radius 1 is 1.26 bits per heavy atom. The molecule has 0 aromatic heterocycles. The van der Waals surface area contributed by atoms with Crippen molar-refractivity contribution < 1.29 is 29.0 Å². The fourth-order valence-electron chi connectivity index (χ4n) is 4.12. The Balaban J connectivity index is 1.74. The molecule has 2 aliphatic heterocycles. The zero-order valence-corrected chi connectivity index (χ0v) is 20.6.